The van der Waals surface area contributed by atoms with Crippen LogP contribution in [0.2, 0.25) is 0 Å². The molecule has 0 radical (unpaired) electrons. The molecule has 2 rings (SSSR count). The Balaban J connectivity index is 1.79. The van der Waals surface area contributed by atoms with Gasteiger partial charge in [0.2, 0.25) is 15.9 Å². The summed E-state index contributed by atoms with van der Waals surface area (Å²) in [6, 6.07) is 9.94. The molecule has 0 saturated carbocycles. The number of piperazine rings is 1. The zero-order valence-corrected chi connectivity index (χ0v) is 16.4. The van der Waals surface area contributed by atoms with E-state index in [4.69, 9.17) is 0 Å². The molecule has 0 unspecified atom stereocenters. The lowest BCUT2D eigenvalue weighted by Crippen LogP contribution is -2.51. The predicted molar refractivity (Wildman–Crippen MR) is 101 cm³/mol. The number of rotatable bonds is 6. The van der Waals surface area contributed by atoms with E-state index in [1.54, 1.807) is 9.21 Å². The van der Waals surface area contributed by atoms with Crippen LogP contribution in [0.25, 0.3) is 0 Å². The molecule has 1 aromatic rings. The van der Waals surface area contributed by atoms with E-state index < -0.39 is 10.0 Å². The van der Waals surface area contributed by atoms with Gasteiger partial charge >= 0.3 is 0 Å². The SMILES string of the molecule is CC(C)(C)CC(=O)N1CCN(S(=O)(=O)CCCc2ccccc2)CC1. The summed E-state index contributed by atoms with van der Waals surface area (Å²) in [4.78, 5) is 14.0. The van der Waals surface area contributed by atoms with Crippen molar-refractivity contribution in [1.29, 1.82) is 0 Å². The van der Waals surface area contributed by atoms with Crippen LogP contribution in [0.1, 0.15) is 39.2 Å². The van der Waals surface area contributed by atoms with Crippen LogP contribution in [-0.2, 0) is 21.2 Å². The summed E-state index contributed by atoms with van der Waals surface area (Å²) in [6.07, 6.45) is 1.89. The van der Waals surface area contributed by atoms with Gasteiger partial charge in [-0.15, -0.1) is 0 Å². The van der Waals surface area contributed by atoms with Gasteiger partial charge in [0, 0.05) is 32.6 Å². The molecule has 25 heavy (non-hydrogen) atoms. The molecule has 0 bridgehead atoms. The molecule has 140 valence electrons. The highest BCUT2D eigenvalue weighted by atomic mass is 32.2. The maximum absolute atomic E-state index is 12.5. The molecule has 1 heterocycles. The minimum absolute atomic E-state index is 0.0439. The third kappa shape index (κ3) is 6.44. The highest BCUT2D eigenvalue weighted by Crippen LogP contribution is 2.21. The summed E-state index contributed by atoms with van der Waals surface area (Å²) in [5, 5.41) is 0. The fourth-order valence-electron chi connectivity index (χ4n) is 3.01. The number of carbonyl (C=O) groups is 1. The number of benzene rings is 1. The van der Waals surface area contributed by atoms with Crippen LogP contribution in [0, 0.1) is 5.41 Å². The van der Waals surface area contributed by atoms with E-state index in [2.05, 4.69) is 0 Å². The molecule has 1 aliphatic heterocycles. The van der Waals surface area contributed by atoms with Crippen LogP contribution in [0.3, 0.4) is 0 Å². The van der Waals surface area contributed by atoms with Gasteiger partial charge in [0.25, 0.3) is 0 Å². The molecule has 1 aliphatic rings. The molecule has 0 aliphatic carbocycles. The van der Waals surface area contributed by atoms with Gasteiger partial charge in [-0.2, -0.15) is 4.31 Å². The van der Waals surface area contributed by atoms with Crippen LogP contribution in [0.4, 0.5) is 0 Å². The monoisotopic (exact) mass is 366 g/mol. The van der Waals surface area contributed by atoms with Crippen molar-refractivity contribution in [2.75, 3.05) is 31.9 Å². The van der Waals surface area contributed by atoms with Crippen molar-refractivity contribution in [1.82, 2.24) is 9.21 Å². The average Bonchev–Trinajstić information content (AvgIpc) is 2.54. The van der Waals surface area contributed by atoms with Crippen molar-refractivity contribution in [3.63, 3.8) is 0 Å². The maximum Gasteiger partial charge on any atom is 0.223 e. The van der Waals surface area contributed by atoms with E-state index in [0.717, 1.165) is 12.0 Å². The van der Waals surface area contributed by atoms with Crippen molar-refractivity contribution in [3.05, 3.63) is 35.9 Å². The first-order valence-corrected chi connectivity index (χ1v) is 10.6. The second kappa shape index (κ2) is 8.32. The minimum atomic E-state index is -3.24. The van der Waals surface area contributed by atoms with Crippen molar-refractivity contribution in [2.24, 2.45) is 5.41 Å². The van der Waals surface area contributed by atoms with Crippen LogP contribution in [0.5, 0.6) is 0 Å². The van der Waals surface area contributed by atoms with E-state index in [9.17, 15) is 13.2 Å². The van der Waals surface area contributed by atoms with E-state index in [0.29, 0.717) is 39.0 Å². The molecule has 0 N–H and O–H groups in total. The van der Waals surface area contributed by atoms with Crippen LogP contribution >= 0.6 is 0 Å². The third-order valence-corrected chi connectivity index (χ3v) is 6.33. The number of aryl methyl sites for hydroxylation is 1. The van der Waals surface area contributed by atoms with Gasteiger partial charge in [-0.1, -0.05) is 51.1 Å². The number of carbonyl (C=O) groups excluding carboxylic acids is 1. The zero-order chi connectivity index (χ0) is 18.5. The van der Waals surface area contributed by atoms with Crippen molar-refractivity contribution in [2.45, 2.75) is 40.0 Å². The van der Waals surface area contributed by atoms with Gasteiger partial charge in [0.15, 0.2) is 0 Å². The van der Waals surface area contributed by atoms with Crippen LogP contribution in [-0.4, -0.2) is 55.5 Å². The van der Waals surface area contributed by atoms with Crippen LogP contribution in [0.15, 0.2) is 30.3 Å². The van der Waals surface area contributed by atoms with Gasteiger partial charge in [0.1, 0.15) is 0 Å². The lowest BCUT2D eigenvalue weighted by molar-refractivity contribution is -0.134. The summed E-state index contributed by atoms with van der Waals surface area (Å²) in [5.74, 6) is 0.284. The Hall–Kier alpha value is -1.40. The topological polar surface area (TPSA) is 57.7 Å². The Morgan fingerprint density at radius 2 is 1.64 bits per heavy atom. The molecular formula is C19H30N2O3S. The van der Waals surface area contributed by atoms with Crippen molar-refractivity contribution in [3.8, 4) is 0 Å². The smallest absolute Gasteiger partial charge is 0.223 e. The first-order valence-electron chi connectivity index (χ1n) is 8.97. The summed E-state index contributed by atoms with van der Waals surface area (Å²) >= 11 is 0. The quantitative estimate of drug-likeness (QED) is 0.777. The van der Waals surface area contributed by atoms with E-state index >= 15 is 0 Å². The number of nitrogens with zero attached hydrogens (tertiary/aromatic N) is 2. The first-order chi connectivity index (χ1) is 11.7. The third-order valence-electron chi connectivity index (χ3n) is 4.38. The highest BCUT2D eigenvalue weighted by molar-refractivity contribution is 7.89. The number of hydrogen-bond acceptors (Lipinski definition) is 3. The number of sulfonamides is 1. The molecule has 1 aromatic carbocycles. The van der Waals surface area contributed by atoms with E-state index in [1.165, 1.54) is 0 Å². The molecule has 5 nitrogen and oxygen atoms in total. The lowest BCUT2D eigenvalue weighted by Gasteiger charge is -2.35. The molecule has 1 saturated heterocycles. The summed E-state index contributed by atoms with van der Waals surface area (Å²) in [6.45, 7) is 7.92. The number of hydrogen-bond donors (Lipinski definition) is 0. The second-order valence-corrected chi connectivity index (χ2v) is 10.0. The Bertz CT molecular complexity index is 658. The van der Waals surface area contributed by atoms with E-state index in [1.807, 2.05) is 51.1 Å². The fourth-order valence-corrected chi connectivity index (χ4v) is 4.50. The summed E-state index contributed by atoms with van der Waals surface area (Å²) in [7, 11) is -3.24. The lowest BCUT2D eigenvalue weighted by atomic mass is 9.91. The van der Waals surface area contributed by atoms with Crippen molar-refractivity contribution >= 4 is 15.9 Å². The molecule has 1 fully saturated rings. The first kappa shape index (κ1) is 19.9. The van der Waals surface area contributed by atoms with Crippen LogP contribution < -0.4 is 0 Å². The van der Waals surface area contributed by atoms with Gasteiger partial charge in [-0.25, -0.2) is 8.42 Å². The largest absolute Gasteiger partial charge is 0.340 e. The molecule has 0 spiro atoms. The zero-order valence-electron chi connectivity index (χ0n) is 15.6. The maximum atomic E-state index is 12.5. The standard InChI is InChI=1S/C19H30N2O3S/c1-19(2,3)16-18(22)20-11-13-21(14-12-20)25(23,24)15-7-10-17-8-5-4-6-9-17/h4-6,8-9H,7,10-16H2,1-3H3. The molecule has 1 amide bonds. The second-order valence-electron chi connectivity index (χ2n) is 7.92. The predicted octanol–water partition coefficient (Wildman–Crippen LogP) is 2.53. The summed E-state index contributed by atoms with van der Waals surface area (Å²) in [5.41, 5.74) is 1.12. The van der Waals surface area contributed by atoms with Crippen molar-refractivity contribution < 1.29 is 13.2 Å². The average molecular weight is 367 g/mol. The molecule has 0 aromatic heterocycles. The highest BCUT2D eigenvalue weighted by Gasteiger charge is 2.29. The van der Waals surface area contributed by atoms with Gasteiger partial charge in [-0.3, -0.25) is 4.79 Å². The minimum Gasteiger partial charge on any atom is -0.340 e. The Kier molecular flexibility index (Phi) is 6.63. The number of amides is 1. The molecular weight excluding hydrogens is 336 g/mol. The fraction of sp³-hybridized carbons (Fsp3) is 0.632. The Morgan fingerprint density at radius 3 is 2.20 bits per heavy atom. The Morgan fingerprint density at radius 1 is 1.04 bits per heavy atom. The molecule has 0 atom stereocenters. The van der Waals surface area contributed by atoms with Gasteiger partial charge < -0.3 is 4.90 Å². The van der Waals surface area contributed by atoms with E-state index in [-0.39, 0.29) is 17.1 Å². The summed E-state index contributed by atoms with van der Waals surface area (Å²) < 4.78 is 26.5. The van der Waals surface area contributed by atoms with Gasteiger partial charge in [0.05, 0.1) is 5.75 Å². The normalized spacial score (nSPS) is 16.8. The van der Waals surface area contributed by atoms with Gasteiger partial charge in [-0.05, 0) is 23.8 Å². The Labute approximate surface area is 152 Å². The molecule has 6 heteroatoms.